The van der Waals surface area contributed by atoms with E-state index in [2.05, 4.69) is 30.6 Å². The zero-order valence-corrected chi connectivity index (χ0v) is 22.2. The van der Waals surface area contributed by atoms with Gasteiger partial charge in [0.2, 0.25) is 0 Å². The van der Waals surface area contributed by atoms with Crippen LogP contribution >= 0.6 is 24.4 Å². The fraction of sp³-hybridized carbons (Fsp3) is 0.462. The van der Waals surface area contributed by atoms with Crippen molar-refractivity contribution < 1.29 is 0 Å². The molecular formula is C26H34N8S2. The molecule has 0 spiro atoms. The molecule has 4 heterocycles. The van der Waals surface area contributed by atoms with Gasteiger partial charge in [0.05, 0.1) is 11.4 Å². The first-order valence-corrected chi connectivity index (χ1v) is 13.6. The van der Waals surface area contributed by atoms with Crippen LogP contribution in [0.25, 0.3) is 0 Å². The molecule has 36 heavy (non-hydrogen) atoms. The number of hydrogen-bond donors (Lipinski definition) is 2. The fourth-order valence-corrected chi connectivity index (χ4v) is 4.82. The van der Waals surface area contributed by atoms with Crippen molar-refractivity contribution in [1.82, 2.24) is 30.6 Å². The third-order valence-electron chi connectivity index (χ3n) is 6.35. The van der Waals surface area contributed by atoms with E-state index in [1.54, 1.807) is 12.4 Å². The van der Waals surface area contributed by atoms with Crippen molar-refractivity contribution in [3.05, 3.63) is 60.2 Å². The van der Waals surface area contributed by atoms with E-state index in [0.717, 1.165) is 51.9 Å². The summed E-state index contributed by atoms with van der Waals surface area (Å²) in [7, 11) is 0. The van der Waals surface area contributed by atoms with Crippen molar-refractivity contribution in [2.45, 2.75) is 51.4 Å². The topological polar surface area (TPSA) is 81.0 Å². The quantitative estimate of drug-likeness (QED) is 0.345. The largest absolute Gasteiger partial charge is 0.348 e. The predicted molar refractivity (Wildman–Crippen MR) is 153 cm³/mol. The second kappa shape index (κ2) is 13.9. The Hall–Kier alpha value is -2.98. The number of nitrogens with zero attached hydrogens (tertiary/aromatic N) is 6. The zero-order chi connectivity index (χ0) is 25.0. The van der Waals surface area contributed by atoms with Gasteiger partial charge in [-0.05, 0) is 74.4 Å². The van der Waals surface area contributed by atoms with Crippen LogP contribution in [0.15, 0.2) is 59.0 Å². The Morgan fingerprint density at radius 1 is 0.611 bits per heavy atom. The highest BCUT2D eigenvalue weighted by atomic mass is 32.1. The van der Waals surface area contributed by atoms with Crippen LogP contribution in [-0.2, 0) is 0 Å². The molecule has 0 aromatic carbocycles. The SMILES string of the molecule is S=C(N/N=C(/C(=N/NC(=S)N1CCCCCC1)c1ccccn1)c1ccccn1)N1CCCCCC1. The Kier molecular flexibility index (Phi) is 10.1. The van der Waals surface area contributed by atoms with Gasteiger partial charge in [0, 0.05) is 38.6 Å². The van der Waals surface area contributed by atoms with Crippen molar-refractivity contribution in [1.29, 1.82) is 0 Å². The molecule has 0 atom stereocenters. The van der Waals surface area contributed by atoms with Gasteiger partial charge in [-0.25, -0.2) is 0 Å². The van der Waals surface area contributed by atoms with Crippen LogP contribution in [0.4, 0.5) is 0 Å². The average Bonchev–Trinajstić information content (AvgIpc) is 3.37. The van der Waals surface area contributed by atoms with Gasteiger partial charge in [-0.15, -0.1) is 0 Å². The summed E-state index contributed by atoms with van der Waals surface area (Å²) in [4.78, 5) is 13.5. The van der Waals surface area contributed by atoms with Gasteiger partial charge in [0.1, 0.15) is 11.4 Å². The molecule has 8 nitrogen and oxygen atoms in total. The van der Waals surface area contributed by atoms with E-state index >= 15 is 0 Å². The summed E-state index contributed by atoms with van der Waals surface area (Å²) < 4.78 is 0. The highest BCUT2D eigenvalue weighted by Gasteiger charge is 2.20. The van der Waals surface area contributed by atoms with Crippen LogP contribution in [0.5, 0.6) is 0 Å². The first-order valence-electron chi connectivity index (χ1n) is 12.8. The number of pyridine rings is 2. The Morgan fingerprint density at radius 3 is 1.33 bits per heavy atom. The molecule has 0 unspecified atom stereocenters. The second-order valence-corrected chi connectivity index (χ2v) is 9.76. The Morgan fingerprint density at radius 2 is 1.00 bits per heavy atom. The molecule has 2 aliphatic rings. The van der Waals surface area contributed by atoms with Crippen LogP contribution in [-0.4, -0.2) is 67.6 Å². The monoisotopic (exact) mass is 522 g/mol. The Balaban J connectivity index is 1.63. The lowest BCUT2D eigenvalue weighted by Crippen LogP contribution is -2.40. The maximum atomic E-state index is 5.70. The number of thiocarbonyl (C=S) groups is 2. The number of rotatable bonds is 5. The summed E-state index contributed by atoms with van der Waals surface area (Å²) in [6.07, 6.45) is 13.0. The molecule has 0 bridgehead atoms. The first kappa shape index (κ1) is 26.1. The molecule has 4 rings (SSSR count). The molecule has 2 aromatic heterocycles. The molecule has 2 fully saturated rings. The molecule has 2 saturated heterocycles. The van der Waals surface area contributed by atoms with Gasteiger partial charge >= 0.3 is 0 Å². The van der Waals surface area contributed by atoms with Crippen molar-refractivity contribution >= 4 is 46.1 Å². The molecule has 2 aromatic rings. The van der Waals surface area contributed by atoms with Crippen molar-refractivity contribution in [2.24, 2.45) is 10.2 Å². The summed E-state index contributed by atoms with van der Waals surface area (Å²) in [5.41, 5.74) is 8.63. The van der Waals surface area contributed by atoms with Gasteiger partial charge in [-0.2, -0.15) is 10.2 Å². The first-order chi connectivity index (χ1) is 17.7. The minimum atomic E-state index is 0.539. The molecule has 190 valence electrons. The van der Waals surface area contributed by atoms with E-state index < -0.39 is 0 Å². The van der Waals surface area contributed by atoms with E-state index in [9.17, 15) is 0 Å². The van der Waals surface area contributed by atoms with Crippen LogP contribution < -0.4 is 10.9 Å². The van der Waals surface area contributed by atoms with E-state index in [0.29, 0.717) is 33.0 Å². The number of likely N-dealkylation sites (tertiary alicyclic amines) is 2. The molecule has 2 N–H and O–H groups in total. The zero-order valence-electron chi connectivity index (χ0n) is 20.6. The standard InChI is InChI=1S/C26H34N8S2/c35-25(33-17-9-1-2-10-18-33)31-29-23(21-13-5-7-15-27-21)24(22-14-6-8-16-28-22)30-32-26(36)34-19-11-3-4-12-20-34/h5-8,13-16H,1-4,9-12,17-20H2,(H,31,35)(H,32,36)/b29-23+,30-24+. The van der Waals surface area contributed by atoms with Gasteiger partial charge in [-0.3, -0.25) is 20.8 Å². The molecule has 2 aliphatic heterocycles. The van der Waals surface area contributed by atoms with Crippen molar-refractivity contribution in [2.75, 3.05) is 26.2 Å². The van der Waals surface area contributed by atoms with Crippen molar-refractivity contribution in [3.63, 3.8) is 0 Å². The lowest BCUT2D eigenvalue weighted by Gasteiger charge is -2.23. The van der Waals surface area contributed by atoms with Gasteiger partial charge < -0.3 is 9.80 Å². The van der Waals surface area contributed by atoms with Gasteiger partial charge in [-0.1, -0.05) is 37.8 Å². The highest BCUT2D eigenvalue weighted by molar-refractivity contribution is 7.80. The number of hydrazone groups is 2. The van der Waals surface area contributed by atoms with Gasteiger partial charge in [0.25, 0.3) is 0 Å². The van der Waals surface area contributed by atoms with E-state index in [1.807, 2.05) is 36.4 Å². The Bertz CT molecular complexity index is 957. The molecule has 10 heteroatoms. The summed E-state index contributed by atoms with van der Waals surface area (Å²) in [5, 5.41) is 10.7. The number of hydrogen-bond acceptors (Lipinski definition) is 6. The lowest BCUT2D eigenvalue weighted by atomic mass is 10.1. The fourth-order valence-electron chi connectivity index (χ4n) is 4.37. The minimum Gasteiger partial charge on any atom is -0.348 e. The number of nitrogens with one attached hydrogen (secondary N) is 2. The molecule has 0 aliphatic carbocycles. The predicted octanol–water partition coefficient (Wildman–Crippen LogP) is 4.09. The molecular weight excluding hydrogens is 488 g/mol. The van der Waals surface area contributed by atoms with E-state index in [4.69, 9.17) is 34.6 Å². The summed E-state index contributed by atoms with van der Waals surface area (Å²) >= 11 is 11.4. The molecule has 0 saturated carbocycles. The summed E-state index contributed by atoms with van der Waals surface area (Å²) in [5.74, 6) is 0. The maximum Gasteiger partial charge on any atom is 0.189 e. The van der Waals surface area contributed by atoms with E-state index in [1.165, 1.54) is 25.7 Å². The van der Waals surface area contributed by atoms with E-state index in [-0.39, 0.29) is 0 Å². The Labute approximate surface area is 224 Å². The van der Waals surface area contributed by atoms with Gasteiger partial charge in [0.15, 0.2) is 10.2 Å². The van der Waals surface area contributed by atoms with Crippen LogP contribution in [0.2, 0.25) is 0 Å². The highest BCUT2D eigenvalue weighted by Crippen LogP contribution is 2.12. The summed E-state index contributed by atoms with van der Waals surface area (Å²) in [6, 6.07) is 11.4. The number of aromatic nitrogens is 2. The van der Waals surface area contributed by atoms with Crippen molar-refractivity contribution in [3.8, 4) is 0 Å². The third-order valence-corrected chi connectivity index (χ3v) is 7.05. The smallest absolute Gasteiger partial charge is 0.189 e. The molecule has 0 radical (unpaired) electrons. The minimum absolute atomic E-state index is 0.539. The second-order valence-electron chi connectivity index (χ2n) is 8.99. The van der Waals surface area contributed by atoms with Crippen LogP contribution in [0.1, 0.15) is 62.8 Å². The van der Waals surface area contributed by atoms with Crippen LogP contribution in [0.3, 0.4) is 0 Å². The normalized spacial score (nSPS) is 17.7. The third kappa shape index (κ3) is 7.51. The lowest BCUT2D eigenvalue weighted by molar-refractivity contribution is 0.428. The molecule has 0 amide bonds. The summed E-state index contributed by atoms with van der Waals surface area (Å²) in [6.45, 7) is 3.75. The maximum absolute atomic E-state index is 5.70. The average molecular weight is 523 g/mol. The van der Waals surface area contributed by atoms with Crippen LogP contribution in [0, 0.1) is 0 Å².